The minimum atomic E-state index is 0.227. The summed E-state index contributed by atoms with van der Waals surface area (Å²) in [6.45, 7) is 4.13. The van der Waals surface area contributed by atoms with Crippen molar-refractivity contribution in [1.29, 1.82) is 0 Å². The molecule has 4 rings (SSSR count). The number of hydrogen-bond acceptors (Lipinski definition) is 4. The molecular formula is C23H24Cl2N4. The van der Waals surface area contributed by atoms with Gasteiger partial charge >= 0.3 is 0 Å². The van der Waals surface area contributed by atoms with Crippen LogP contribution in [0.1, 0.15) is 31.7 Å². The Kier molecular flexibility index (Phi) is 5.66. The smallest absolute Gasteiger partial charge is 0.152 e. The Morgan fingerprint density at radius 3 is 2.41 bits per heavy atom. The van der Waals surface area contributed by atoms with Gasteiger partial charge in [-0.05, 0) is 36.3 Å². The van der Waals surface area contributed by atoms with Gasteiger partial charge in [-0.25, -0.2) is 9.97 Å². The number of anilines is 2. The van der Waals surface area contributed by atoms with E-state index in [-0.39, 0.29) is 5.41 Å². The van der Waals surface area contributed by atoms with Gasteiger partial charge in [-0.3, -0.25) is 0 Å². The molecule has 0 bridgehead atoms. The third-order valence-electron chi connectivity index (χ3n) is 6.10. The fraction of sp³-hybridized carbons (Fsp3) is 0.304. The van der Waals surface area contributed by atoms with Crippen molar-refractivity contribution >= 4 is 34.8 Å². The van der Waals surface area contributed by atoms with Crippen molar-refractivity contribution < 1.29 is 0 Å². The molecule has 0 amide bonds. The van der Waals surface area contributed by atoms with Gasteiger partial charge in [0.05, 0.1) is 16.2 Å². The third-order valence-corrected chi connectivity index (χ3v) is 6.92. The van der Waals surface area contributed by atoms with Crippen molar-refractivity contribution in [2.45, 2.75) is 31.6 Å². The lowest BCUT2D eigenvalue weighted by Gasteiger charge is -2.42. The molecule has 1 aliphatic heterocycles. The fourth-order valence-electron chi connectivity index (χ4n) is 4.24. The highest BCUT2D eigenvalue weighted by Gasteiger charge is 2.35. The molecule has 0 aliphatic carbocycles. The predicted octanol–water partition coefficient (Wildman–Crippen LogP) is 5.98. The molecule has 1 fully saturated rings. The van der Waals surface area contributed by atoms with E-state index in [1.165, 1.54) is 5.56 Å². The van der Waals surface area contributed by atoms with E-state index in [2.05, 4.69) is 52.1 Å². The molecular weight excluding hydrogens is 403 g/mol. The van der Waals surface area contributed by atoms with E-state index in [4.69, 9.17) is 28.9 Å². The van der Waals surface area contributed by atoms with Crippen LogP contribution in [0.5, 0.6) is 0 Å². The van der Waals surface area contributed by atoms with Crippen molar-refractivity contribution in [1.82, 2.24) is 9.97 Å². The molecule has 2 aromatic carbocycles. The summed E-state index contributed by atoms with van der Waals surface area (Å²) in [4.78, 5) is 11.5. The lowest BCUT2D eigenvalue weighted by molar-refractivity contribution is 0.319. The van der Waals surface area contributed by atoms with Crippen LogP contribution in [0, 0.1) is 0 Å². The largest absolute Gasteiger partial charge is 0.382 e. The summed E-state index contributed by atoms with van der Waals surface area (Å²) < 4.78 is 0. The zero-order valence-corrected chi connectivity index (χ0v) is 17.9. The van der Waals surface area contributed by atoms with E-state index in [9.17, 15) is 0 Å². The van der Waals surface area contributed by atoms with Crippen molar-refractivity contribution in [3.05, 3.63) is 70.3 Å². The maximum Gasteiger partial charge on any atom is 0.152 e. The summed E-state index contributed by atoms with van der Waals surface area (Å²) in [6.07, 6.45) is 5.07. The van der Waals surface area contributed by atoms with Crippen LogP contribution in [-0.2, 0) is 5.41 Å². The maximum atomic E-state index is 6.33. The van der Waals surface area contributed by atoms with Gasteiger partial charge in [0.2, 0.25) is 0 Å². The van der Waals surface area contributed by atoms with Gasteiger partial charge < -0.3 is 10.6 Å². The van der Waals surface area contributed by atoms with Crippen LogP contribution < -0.4 is 10.6 Å². The lowest BCUT2D eigenvalue weighted by atomic mass is 9.71. The molecule has 29 heavy (non-hydrogen) atoms. The number of hydrogen-bond donors (Lipinski definition) is 1. The first-order valence-corrected chi connectivity index (χ1v) is 10.7. The number of nitrogens with zero attached hydrogens (tertiary/aromatic N) is 3. The number of nitrogen functional groups attached to an aromatic ring is 1. The van der Waals surface area contributed by atoms with E-state index >= 15 is 0 Å². The maximum absolute atomic E-state index is 6.33. The van der Waals surface area contributed by atoms with Crippen molar-refractivity contribution in [3.8, 4) is 11.3 Å². The summed E-state index contributed by atoms with van der Waals surface area (Å²) in [6, 6.07) is 16.3. The van der Waals surface area contributed by atoms with Gasteiger partial charge in [0.1, 0.15) is 11.5 Å². The second-order valence-corrected chi connectivity index (χ2v) is 8.34. The summed E-state index contributed by atoms with van der Waals surface area (Å²) >= 11 is 12.5. The number of halogens is 2. The molecule has 0 saturated carbocycles. The zero-order chi connectivity index (χ0) is 20.4. The van der Waals surface area contributed by atoms with Gasteiger partial charge in [-0.1, -0.05) is 72.6 Å². The van der Waals surface area contributed by atoms with Crippen LogP contribution in [-0.4, -0.2) is 23.1 Å². The van der Waals surface area contributed by atoms with Crippen LogP contribution >= 0.6 is 23.2 Å². The van der Waals surface area contributed by atoms with E-state index in [0.717, 1.165) is 38.2 Å². The van der Waals surface area contributed by atoms with Gasteiger partial charge in [0, 0.05) is 18.7 Å². The molecule has 2 N–H and O–H groups in total. The summed E-state index contributed by atoms with van der Waals surface area (Å²) in [5.41, 5.74) is 9.16. The SMILES string of the molecule is CCC1(c2ccccc2)CCN(c2cnc(-c3cccc(Cl)c3Cl)c(N)n2)CC1. The minimum absolute atomic E-state index is 0.227. The predicted molar refractivity (Wildman–Crippen MR) is 122 cm³/mol. The summed E-state index contributed by atoms with van der Waals surface area (Å²) in [5.74, 6) is 1.17. The molecule has 1 saturated heterocycles. The van der Waals surface area contributed by atoms with Crippen molar-refractivity contribution in [3.63, 3.8) is 0 Å². The number of benzene rings is 2. The average Bonchev–Trinajstić information content (AvgIpc) is 2.76. The topological polar surface area (TPSA) is 55.0 Å². The monoisotopic (exact) mass is 426 g/mol. The average molecular weight is 427 g/mol. The third kappa shape index (κ3) is 3.79. The van der Waals surface area contributed by atoms with Gasteiger partial charge in [0.25, 0.3) is 0 Å². The van der Waals surface area contributed by atoms with E-state index in [1.54, 1.807) is 12.3 Å². The normalized spacial score (nSPS) is 16.0. The standard InChI is InChI=1S/C23H24Cl2N4/c1-2-23(16-7-4-3-5-8-16)11-13-29(14-12-23)19-15-27-21(22(26)28-19)17-9-6-10-18(24)20(17)25/h3-10,15H,2,11-14H2,1H3,(H2,26,28). The molecule has 2 heterocycles. The Bertz CT molecular complexity index is 999. The van der Waals surface area contributed by atoms with Crippen LogP contribution in [0.3, 0.4) is 0 Å². The van der Waals surface area contributed by atoms with Gasteiger partial charge in [-0.15, -0.1) is 0 Å². The van der Waals surface area contributed by atoms with Crippen LogP contribution in [0.2, 0.25) is 10.0 Å². The van der Waals surface area contributed by atoms with Crippen LogP contribution in [0.25, 0.3) is 11.3 Å². The minimum Gasteiger partial charge on any atom is -0.382 e. The Morgan fingerprint density at radius 1 is 1.03 bits per heavy atom. The first-order chi connectivity index (χ1) is 14.0. The molecule has 1 aliphatic rings. The molecule has 0 spiro atoms. The van der Waals surface area contributed by atoms with E-state index in [0.29, 0.717) is 27.1 Å². The Hall–Kier alpha value is -2.30. The van der Waals surface area contributed by atoms with Crippen molar-refractivity contribution in [2.75, 3.05) is 23.7 Å². The Morgan fingerprint density at radius 2 is 1.76 bits per heavy atom. The molecule has 1 aromatic heterocycles. The summed E-state index contributed by atoms with van der Waals surface area (Å²) in [7, 11) is 0. The Labute approximate surface area is 181 Å². The van der Waals surface area contributed by atoms with Crippen LogP contribution in [0.4, 0.5) is 11.6 Å². The highest BCUT2D eigenvalue weighted by Crippen LogP contribution is 2.40. The number of aromatic nitrogens is 2. The number of piperidine rings is 1. The molecule has 3 aromatic rings. The first kappa shape index (κ1) is 20.0. The van der Waals surface area contributed by atoms with Crippen LogP contribution in [0.15, 0.2) is 54.7 Å². The number of nitrogens with two attached hydrogens (primary N) is 1. The zero-order valence-electron chi connectivity index (χ0n) is 16.4. The summed E-state index contributed by atoms with van der Waals surface area (Å²) in [5, 5.41) is 0.916. The second kappa shape index (κ2) is 8.21. The van der Waals surface area contributed by atoms with E-state index < -0.39 is 0 Å². The highest BCUT2D eigenvalue weighted by atomic mass is 35.5. The van der Waals surface area contributed by atoms with Gasteiger partial charge in [-0.2, -0.15) is 0 Å². The fourth-order valence-corrected chi connectivity index (χ4v) is 4.63. The number of rotatable bonds is 4. The van der Waals surface area contributed by atoms with Gasteiger partial charge in [0.15, 0.2) is 5.82 Å². The first-order valence-electron chi connectivity index (χ1n) is 9.91. The quantitative estimate of drug-likeness (QED) is 0.557. The molecule has 150 valence electrons. The van der Waals surface area contributed by atoms with E-state index in [1.807, 2.05) is 12.1 Å². The molecule has 0 radical (unpaired) electrons. The highest BCUT2D eigenvalue weighted by molar-refractivity contribution is 6.43. The second-order valence-electron chi connectivity index (χ2n) is 7.55. The molecule has 6 heteroatoms. The van der Waals surface area contributed by atoms with Crippen molar-refractivity contribution in [2.24, 2.45) is 0 Å². The Balaban J connectivity index is 1.55. The molecule has 0 unspecified atom stereocenters. The molecule has 0 atom stereocenters. The molecule has 4 nitrogen and oxygen atoms in total. The lowest BCUT2D eigenvalue weighted by Crippen LogP contribution is -2.42.